The largest absolute Gasteiger partial charge is 0.497 e. The highest BCUT2D eigenvalue weighted by Gasteiger charge is 2.44. The summed E-state index contributed by atoms with van der Waals surface area (Å²) in [7, 11) is 3.97. The third-order valence-corrected chi connectivity index (χ3v) is 5.40. The van der Waals surface area contributed by atoms with E-state index in [9.17, 15) is 0 Å². The second-order valence-corrected chi connectivity index (χ2v) is 6.81. The van der Waals surface area contributed by atoms with Gasteiger partial charge in [-0.25, -0.2) is 0 Å². The van der Waals surface area contributed by atoms with E-state index in [1.165, 1.54) is 36.8 Å². The van der Waals surface area contributed by atoms with Crippen molar-refractivity contribution in [2.45, 2.75) is 31.1 Å². The van der Waals surface area contributed by atoms with Gasteiger partial charge in [0.15, 0.2) is 0 Å². The summed E-state index contributed by atoms with van der Waals surface area (Å²) in [5, 5.41) is 0. The number of methoxy groups -OCH3 is 1. The zero-order valence-electron chi connectivity index (χ0n) is 13.8. The molecule has 2 heteroatoms. The number of ether oxygens (including phenoxy) is 1. The Morgan fingerprint density at radius 3 is 3.05 bits per heavy atom. The fourth-order valence-corrected chi connectivity index (χ4v) is 4.39. The van der Waals surface area contributed by atoms with Crippen LogP contribution in [0.25, 0.3) is 6.08 Å². The van der Waals surface area contributed by atoms with Gasteiger partial charge in [-0.3, -0.25) is 0 Å². The van der Waals surface area contributed by atoms with Crippen LogP contribution in [0.3, 0.4) is 0 Å². The third kappa shape index (κ3) is 2.61. The highest BCUT2D eigenvalue weighted by Crippen LogP contribution is 2.49. The predicted molar refractivity (Wildman–Crippen MR) is 93.4 cm³/mol. The number of hydrogen-bond donors (Lipinski definition) is 0. The average molecular weight is 297 g/mol. The van der Waals surface area contributed by atoms with Crippen LogP contribution in [0.15, 0.2) is 36.9 Å². The van der Waals surface area contributed by atoms with Crippen molar-refractivity contribution >= 4 is 6.08 Å². The molecule has 0 N–H and O–H groups in total. The quantitative estimate of drug-likeness (QED) is 0.753. The van der Waals surface area contributed by atoms with E-state index in [0.717, 1.165) is 18.8 Å². The first kappa shape index (κ1) is 15.4. The van der Waals surface area contributed by atoms with Crippen molar-refractivity contribution in [3.8, 4) is 5.75 Å². The molecule has 22 heavy (non-hydrogen) atoms. The molecule has 0 saturated heterocycles. The second kappa shape index (κ2) is 6.29. The lowest BCUT2D eigenvalue weighted by Gasteiger charge is -2.48. The molecule has 0 aliphatic heterocycles. The van der Waals surface area contributed by atoms with E-state index < -0.39 is 0 Å². The maximum Gasteiger partial charge on any atom is 0.119 e. The smallest absolute Gasteiger partial charge is 0.119 e. The Bertz CT molecular complexity index is 577. The minimum absolute atomic E-state index is 0.231. The Morgan fingerprint density at radius 1 is 1.41 bits per heavy atom. The van der Waals surface area contributed by atoms with E-state index in [1.807, 2.05) is 6.08 Å². The summed E-state index contributed by atoms with van der Waals surface area (Å²) in [5.74, 6) is 1.62. The third-order valence-electron chi connectivity index (χ3n) is 5.40. The first-order valence-electron chi connectivity index (χ1n) is 8.36. The molecule has 2 unspecified atom stereocenters. The molecule has 0 amide bonds. The van der Waals surface area contributed by atoms with Gasteiger partial charge in [0.1, 0.15) is 5.75 Å². The summed E-state index contributed by atoms with van der Waals surface area (Å²) in [5.41, 5.74) is 3.08. The van der Waals surface area contributed by atoms with E-state index in [1.54, 1.807) is 7.11 Å². The van der Waals surface area contributed by atoms with Crippen molar-refractivity contribution in [2.24, 2.45) is 5.92 Å². The van der Waals surface area contributed by atoms with E-state index in [-0.39, 0.29) is 5.41 Å². The molecular formula is C20H27NO. The maximum atomic E-state index is 5.50. The molecule has 1 aromatic rings. The minimum Gasteiger partial charge on any atom is -0.497 e. The van der Waals surface area contributed by atoms with Gasteiger partial charge < -0.3 is 9.64 Å². The number of hydrogen-bond acceptors (Lipinski definition) is 2. The van der Waals surface area contributed by atoms with Gasteiger partial charge in [-0.05, 0) is 49.1 Å². The molecule has 0 aromatic heterocycles. The van der Waals surface area contributed by atoms with Gasteiger partial charge >= 0.3 is 0 Å². The van der Waals surface area contributed by atoms with E-state index in [0.29, 0.717) is 5.92 Å². The van der Waals surface area contributed by atoms with Crippen molar-refractivity contribution in [1.29, 1.82) is 0 Å². The van der Waals surface area contributed by atoms with Gasteiger partial charge in [-0.15, -0.1) is 6.58 Å². The minimum atomic E-state index is 0.231. The summed E-state index contributed by atoms with van der Waals surface area (Å²) < 4.78 is 5.50. The Morgan fingerprint density at radius 2 is 2.27 bits per heavy atom. The average Bonchev–Trinajstić information content (AvgIpc) is 2.54. The van der Waals surface area contributed by atoms with Crippen LogP contribution in [0.2, 0.25) is 0 Å². The standard InChI is InChI=1S/C20H27NO/c1-4-13-21(2)15-20-12-6-5-7-17(20)10-8-16-9-11-18(22-3)14-19(16)20/h4,8-11,14,17H,1,5-7,12-13,15H2,2-3H3. The van der Waals surface area contributed by atoms with Crippen molar-refractivity contribution in [1.82, 2.24) is 4.90 Å². The normalized spacial score (nSPS) is 26.4. The Balaban J connectivity index is 2.05. The second-order valence-electron chi connectivity index (χ2n) is 6.81. The highest BCUT2D eigenvalue weighted by molar-refractivity contribution is 5.62. The molecular weight excluding hydrogens is 270 g/mol. The molecule has 1 fully saturated rings. The molecule has 2 nitrogen and oxygen atoms in total. The molecule has 1 saturated carbocycles. The molecule has 3 rings (SSSR count). The van der Waals surface area contributed by atoms with E-state index in [2.05, 4.69) is 48.9 Å². The highest BCUT2D eigenvalue weighted by atomic mass is 16.5. The summed E-state index contributed by atoms with van der Waals surface area (Å²) in [6, 6.07) is 6.57. The van der Waals surface area contributed by atoms with Gasteiger partial charge in [-0.1, -0.05) is 37.1 Å². The zero-order valence-corrected chi connectivity index (χ0v) is 13.8. The molecule has 2 aliphatic rings. The number of benzene rings is 1. The number of fused-ring (bicyclic) bond motifs is 3. The van der Waals surface area contributed by atoms with Crippen molar-refractivity contribution in [3.05, 3.63) is 48.1 Å². The van der Waals surface area contributed by atoms with Crippen LogP contribution in [-0.2, 0) is 5.41 Å². The number of likely N-dealkylation sites (N-methyl/N-ethyl adjacent to an activating group) is 1. The molecule has 0 bridgehead atoms. The van der Waals surface area contributed by atoms with E-state index >= 15 is 0 Å². The summed E-state index contributed by atoms with van der Waals surface area (Å²) in [6.07, 6.45) is 12.0. The predicted octanol–water partition coefficient (Wildman–Crippen LogP) is 4.27. The van der Waals surface area contributed by atoms with Crippen molar-refractivity contribution in [3.63, 3.8) is 0 Å². The van der Waals surface area contributed by atoms with Crippen LogP contribution < -0.4 is 4.74 Å². The monoisotopic (exact) mass is 297 g/mol. The van der Waals surface area contributed by atoms with Crippen LogP contribution in [-0.4, -0.2) is 32.1 Å². The van der Waals surface area contributed by atoms with Gasteiger partial charge in [0, 0.05) is 18.5 Å². The Hall–Kier alpha value is -1.54. The Labute approximate surface area is 134 Å². The molecule has 0 heterocycles. The van der Waals surface area contributed by atoms with Gasteiger partial charge in [0.05, 0.1) is 7.11 Å². The lowest BCUT2D eigenvalue weighted by atomic mass is 9.59. The number of allylic oxidation sites excluding steroid dienone is 1. The van der Waals surface area contributed by atoms with Crippen molar-refractivity contribution in [2.75, 3.05) is 27.2 Å². The van der Waals surface area contributed by atoms with Gasteiger partial charge in [0.25, 0.3) is 0 Å². The van der Waals surface area contributed by atoms with Crippen LogP contribution in [0.4, 0.5) is 0 Å². The number of nitrogens with zero attached hydrogens (tertiary/aromatic N) is 1. The van der Waals surface area contributed by atoms with Crippen LogP contribution in [0, 0.1) is 5.92 Å². The zero-order chi connectivity index (χ0) is 15.6. The summed E-state index contributed by atoms with van der Waals surface area (Å²) in [4.78, 5) is 2.41. The molecule has 2 atom stereocenters. The fraction of sp³-hybridized carbons (Fsp3) is 0.500. The van der Waals surface area contributed by atoms with Crippen LogP contribution in [0.1, 0.15) is 36.8 Å². The SMILES string of the molecule is C=CCN(C)CC12CCCCC1C=Cc1ccc(OC)cc12. The van der Waals surface area contributed by atoms with E-state index in [4.69, 9.17) is 4.74 Å². The molecule has 0 spiro atoms. The lowest BCUT2D eigenvalue weighted by Crippen LogP contribution is -2.47. The maximum absolute atomic E-state index is 5.50. The molecule has 0 radical (unpaired) electrons. The first-order valence-corrected chi connectivity index (χ1v) is 8.36. The first-order chi connectivity index (χ1) is 10.7. The summed E-state index contributed by atoms with van der Waals surface area (Å²) >= 11 is 0. The van der Waals surface area contributed by atoms with Gasteiger partial charge in [0.2, 0.25) is 0 Å². The molecule has 2 aliphatic carbocycles. The topological polar surface area (TPSA) is 12.5 Å². The molecule has 1 aromatic carbocycles. The van der Waals surface area contributed by atoms with Gasteiger partial charge in [-0.2, -0.15) is 0 Å². The van der Waals surface area contributed by atoms with Crippen molar-refractivity contribution < 1.29 is 4.74 Å². The van der Waals surface area contributed by atoms with Crippen LogP contribution in [0.5, 0.6) is 5.75 Å². The lowest BCUT2D eigenvalue weighted by molar-refractivity contribution is 0.159. The summed E-state index contributed by atoms with van der Waals surface area (Å²) in [6.45, 7) is 5.92. The number of rotatable bonds is 5. The molecule has 118 valence electrons. The Kier molecular flexibility index (Phi) is 4.39. The van der Waals surface area contributed by atoms with Crippen LogP contribution >= 0.6 is 0 Å². The fourth-order valence-electron chi connectivity index (χ4n) is 4.39.